The first kappa shape index (κ1) is 23.0. The Hall–Kier alpha value is -2.81. The lowest BCUT2D eigenvalue weighted by atomic mass is 9.74. The molecular weight excluding hydrogens is 424 g/mol. The summed E-state index contributed by atoms with van der Waals surface area (Å²) in [5, 5.41) is 10.2. The van der Waals surface area contributed by atoms with Gasteiger partial charge in [-0.1, -0.05) is 42.5 Å². The molecule has 5 nitrogen and oxygen atoms in total. The third-order valence-electron chi connectivity index (χ3n) is 7.88. The molecule has 2 aliphatic heterocycles. The lowest BCUT2D eigenvalue weighted by Gasteiger charge is -2.57. The average molecular weight is 459 g/mol. The maximum absolute atomic E-state index is 13.0. The summed E-state index contributed by atoms with van der Waals surface area (Å²) >= 11 is 0. The van der Waals surface area contributed by atoms with Gasteiger partial charge in [0.2, 0.25) is 5.91 Å². The average Bonchev–Trinajstić information content (AvgIpc) is 2.81. The highest BCUT2D eigenvalue weighted by Gasteiger charge is 2.49. The number of aliphatic hydroxyl groups excluding tert-OH is 1. The van der Waals surface area contributed by atoms with Crippen LogP contribution in [0.4, 0.5) is 0 Å². The first-order chi connectivity index (χ1) is 16.7. The number of methoxy groups -OCH3 is 1. The second-order valence-electron chi connectivity index (χ2n) is 9.77. The number of hydrogen-bond acceptors (Lipinski definition) is 4. The van der Waals surface area contributed by atoms with Gasteiger partial charge in [0.15, 0.2) is 0 Å². The number of rotatable bonds is 4. The van der Waals surface area contributed by atoms with Crippen molar-refractivity contribution in [1.29, 1.82) is 0 Å². The van der Waals surface area contributed by atoms with Gasteiger partial charge < -0.3 is 14.7 Å². The van der Waals surface area contributed by atoms with Crippen molar-refractivity contribution in [2.45, 2.75) is 50.1 Å². The molecule has 0 radical (unpaired) electrons. The molecule has 2 aromatic carbocycles. The van der Waals surface area contributed by atoms with Crippen molar-refractivity contribution in [2.75, 3.05) is 33.4 Å². The summed E-state index contributed by atoms with van der Waals surface area (Å²) < 4.78 is 5.39. The van der Waals surface area contributed by atoms with E-state index in [1.165, 1.54) is 12.0 Å². The minimum absolute atomic E-state index is 0.120. The molecular formula is C29H34N2O3. The maximum Gasteiger partial charge on any atom is 0.225 e. The summed E-state index contributed by atoms with van der Waals surface area (Å²) in [6.07, 6.45) is 5.39. The van der Waals surface area contributed by atoms with Crippen molar-refractivity contribution in [3.05, 3.63) is 65.2 Å². The number of ether oxygens (including phenoxy) is 1. The fourth-order valence-electron chi connectivity index (χ4n) is 5.73. The van der Waals surface area contributed by atoms with Crippen LogP contribution in [-0.4, -0.2) is 66.2 Å². The van der Waals surface area contributed by atoms with Crippen LogP contribution in [0.2, 0.25) is 0 Å². The fourth-order valence-corrected chi connectivity index (χ4v) is 5.73. The van der Waals surface area contributed by atoms with Gasteiger partial charge in [-0.05, 0) is 62.1 Å². The van der Waals surface area contributed by atoms with E-state index in [4.69, 9.17) is 4.74 Å². The van der Waals surface area contributed by atoms with Gasteiger partial charge in [0.05, 0.1) is 19.3 Å². The Kier molecular flexibility index (Phi) is 6.89. The fraction of sp³-hybridized carbons (Fsp3) is 0.483. The largest absolute Gasteiger partial charge is 0.495 e. The SMILES string of the molecule is COc1ccccc1C#Cc1ccc([C@@H]2[C@H](CO)N3CCCCN(C(=O)C4CCC4)C[C@@H]23)cc1. The Bertz CT molecular complexity index is 1070. The third-order valence-corrected chi connectivity index (χ3v) is 7.88. The van der Waals surface area contributed by atoms with Gasteiger partial charge in [0.25, 0.3) is 0 Å². The molecule has 1 aliphatic carbocycles. The highest BCUT2D eigenvalue weighted by atomic mass is 16.5. The molecule has 178 valence electrons. The van der Waals surface area contributed by atoms with Gasteiger partial charge in [-0.15, -0.1) is 0 Å². The van der Waals surface area contributed by atoms with E-state index in [-0.39, 0.29) is 30.5 Å². The number of para-hydroxylation sites is 1. The van der Waals surface area contributed by atoms with Crippen molar-refractivity contribution in [2.24, 2.45) is 5.92 Å². The first-order valence-electron chi connectivity index (χ1n) is 12.6. The highest BCUT2D eigenvalue weighted by Crippen LogP contribution is 2.42. The van der Waals surface area contributed by atoms with Gasteiger partial charge in [-0.25, -0.2) is 0 Å². The van der Waals surface area contributed by atoms with Gasteiger partial charge in [-0.3, -0.25) is 9.69 Å². The number of carbonyl (C=O) groups is 1. The number of benzene rings is 2. The smallest absolute Gasteiger partial charge is 0.225 e. The van der Waals surface area contributed by atoms with E-state index in [0.29, 0.717) is 5.91 Å². The highest BCUT2D eigenvalue weighted by molar-refractivity contribution is 5.79. The maximum atomic E-state index is 13.0. The predicted octanol–water partition coefficient (Wildman–Crippen LogP) is 3.65. The Morgan fingerprint density at radius 3 is 2.50 bits per heavy atom. The molecule has 5 rings (SSSR count). The normalized spacial score (nSPS) is 25.0. The van der Waals surface area contributed by atoms with Crippen LogP contribution in [-0.2, 0) is 4.79 Å². The van der Waals surface area contributed by atoms with Crippen LogP contribution in [0.1, 0.15) is 54.7 Å². The summed E-state index contributed by atoms with van der Waals surface area (Å²) in [7, 11) is 1.66. The lowest BCUT2D eigenvalue weighted by Crippen LogP contribution is -2.68. The molecule has 0 aromatic heterocycles. The number of hydrogen-bond donors (Lipinski definition) is 1. The summed E-state index contributed by atoms with van der Waals surface area (Å²) in [4.78, 5) is 17.6. The molecule has 1 N–H and O–H groups in total. The number of aliphatic hydroxyl groups is 1. The third kappa shape index (κ3) is 4.45. The van der Waals surface area contributed by atoms with Crippen LogP contribution in [0.25, 0.3) is 0 Å². The zero-order valence-electron chi connectivity index (χ0n) is 20.0. The number of carbonyl (C=O) groups excluding carboxylic acids is 1. The van der Waals surface area contributed by atoms with Crippen LogP contribution in [0, 0.1) is 17.8 Å². The topological polar surface area (TPSA) is 53.0 Å². The summed E-state index contributed by atoms with van der Waals surface area (Å²) in [5.74, 6) is 8.05. The molecule has 0 unspecified atom stereocenters. The van der Waals surface area contributed by atoms with Crippen LogP contribution in [0.5, 0.6) is 5.75 Å². The van der Waals surface area contributed by atoms with Crippen molar-refractivity contribution < 1.29 is 14.6 Å². The molecule has 1 amide bonds. The van der Waals surface area contributed by atoms with Crippen molar-refractivity contribution >= 4 is 5.91 Å². The quantitative estimate of drug-likeness (QED) is 0.711. The summed E-state index contributed by atoms with van der Waals surface area (Å²) in [6.45, 7) is 2.78. The molecule has 1 saturated carbocycles. The predicted molar refractivity (Wildman–Crippen MR) is 133 cm³/mol. The number of nitrogens with zero attached hydrogens (tertiary/aromatic N) is 2. The lowest BCUT2D eigenvalue weighted by molar-refractivity contribution is -0.143. The molecule has 2 heterocycles. The van der Waals surface area contributed by atoms with Gasteiger partial charge >= 0.3 is 0 Å². The van der Waals surface area contributed by atoms with Crippen molar-refractivity contribution in [3.63, 3.8) is 0 Å². The van der Waals surface area contributed by atoms with E-state index in [0.717, 1.165) is 62.2 Å². The second-order valence-corrected chi connectivity index (χ2v) is 9.77. The van der Waals surface area contributed by atoms with E-state index in [2.05, 4.69) is 45.9 Å². The summed E-state index contributed by atoms with van der Waals surface area (Å²) in [6, 6.07) is 16.6. The van der Waals surface area contributed by atoms with Crippen molar-refractivity contribution in [3.8, 4) is 17.6 Å². The molecule has 2 aromatic rings. The van der Waals surface area contributed by atoms with Crippen LogP contribution >= 0.6 is 0 Å². The minimum Gasteiger partial charge on any atom is -0.495 e. The molecule has 3 atom stereocenters. The van der Waals surface area contributed by atoms with Gasteiger partial charge in [0.1, 0.15) is 5.75 Å². The Balaban J connectivity index is 1.33. The standard InChI is InChI=1S/C29H34N2O3/c1-34-27-10-3-2-7-22(27)14-11-21-12-15-23(16-13-21)28-25-19-30(29(33)24-8-6-9-24)17-4-5-18-31(25)26(28)20-32/h2-3,7,10,12-13,15-16,24-26,28,32H,4-6,8-9,17-20H2,1H3/t25-,26-,28-/m0/s1. The molecule has 34 heavy (non-hydrogen) atoms. The van der Waals surface area contributed by atoms with Gasteiger partial charge in [0, 0.05) is 42.6 Å². The van der Waals surface area contributed by atoms with E-state index in [1.807, 2.05) is 24.3 Å². The van der Waals surface area contributed by atoms with Crippen LogP contribution < -0.4 is 4.74 Å². The Morgan fingerprint density at radius 2 is 1.79 bits per heavy atom. The van der Waals surface area contributed by atoms with E-state index in [9.17, 15) is 9.90 Å². The minimum atomic E-state index is 0.120. The van der Waals surface area contributed by atoms with E-state index < -0.39 is 0 Å². The monoisotopic (exact) mass is 458 g/mol. The molecule has 0 bridgehead atoms. The first-order valence-corrected chi connectivity index (χ1v) is 12.6. The van der Waals surface area contributed by atoms with E-state index >= 15 is 0 Å². The number of amides is 1. The van der Waals surface area contributed by atoms with E-state index in [1.54, 1.807) is 7.11 Å². The molecule has 3 aliphatic rings. The Morgan fingerprint density at radius 1 is 1.03 bits per heavy atom. The zero-order valence-corrected chi connectivity index (χ0v) is 20.0. The van der Waals surface area contributed by atoms with Gasteiger partial charge in [-0.2, -0.15) is 0 Å². The molecule has 2 saturated heterocycles. The van der Waals surface area contributed by atoms with Crippen molar-refractivity contribution in [1.82, 2.24) is 9.80 Å². The summed E-state index contributed by atoms with van der Waals surface area (Å²) in [5.41, 5.74) is 3.04. The zero-order chi connectivity index (χ0) is 23.5. The van der Waals surface area contributed by atoms with Crippen LogP contribution in [0.15, 0.2) is 48.5 Å². The van der Waals surface area contributed by atoms with Crippen LogP contribution in [0.3, 0.4) is 0 Å². The molecule has 3 fully saturated rings. The molecule has 5 heteroatoms. The Labute approximate surface area is 202 Å². The molecule has 0 spiro atoms. The number of fused-ring (bicyclic) bond motifs is 1. The second kappa shape index (κ2) is 10.2.